The lowest BCUT2D eigenvalue weighted by atomic mass is 10.2. The molecule has 1 aliphatic rings. The van der Waals surface area contributed by atoms with Crippen molar-refractivity contribution in [1.29, 1.82) is 0 Å². The molecule has 0 bridgehead atoms. The van der Waals surface area contributed by atoms with E-state index < -0.39 is 5.97 Å². The number of amides is 1. The lowest BCUT2D eigenvalue weighted by Crippen LogP contribution is -2.19. The van der Waals surface area contributed by atoms with Crippen LogP contribution < -0.4 is 5.32 Å². The van der Waals surface area contributed by atoms with Gasteiger partial charge in [-0.3, -0.25) is 4.79 Å². The van der Waals surface area contributed by atoms with Gasteiger partial charge in [0, 0.05) is 5.02 Å². The average Bonchev–Trinajstić information content (AvgIpc) is 3.10. The van der Waals surface area contributed by atoms with Crippen LogP contribution >= 0.6 is 34.7 Å². The van der Waals surface area contributed by atoms with Crippen molar-refractivity contribution in [2.45, 2.75) is 13.8 Å². The van der Waals surface area contributed by atoms with E-state index in [0.717, 1.165) is 16.9 Å². The van der Waals surface area contributed by atoms with E-state index in [1.54, 1.807) is 32.1 Å². The molecular weight excluding hydrogens is 394 g/mol. The number of carbonyl (C=O) groups excluding carboxylic acids is 2. The minimum absolute atomic E-state index is 0.243. The Morgan fingerprint density at radius 3 is 3.00 bits per heavy atom. The predicted molar refractivity (Wildman–Crippen MR) is 105 cm³/mol. The van der Waals surface area contributed by atoms with Gasteiger partial charge in [0.15, 0.2) is 5.17 Å². The van der Waals surface area contributed by atoms with Crippen molar-refractivity contribution in [2.24, 2.45) is 4.99 Å². The van der Waals surface area contributed by atoms with Gasteiger partial charge in [-0.15, -0.1) is 0 Å². The van der Waals surface area contributed by atoms with Gasteiger partial charge in [-0.2, -0.15) is 4.99 Å². The Morgan fingerprint density at radius 1 is 1.46 bits per heavy atom. The molecular formula is C17H14ClN3O3S2. The standard InChI is InChI=1S/C17H14ClN3O3S2/c1-3-24-15(23)13-9(2)19-16(26-13)21-17-20-14(22)12(25-17)8-10-5-4-6-11(18)7-10/h4-8H,3H2,1-2H3,(H,19,20,21,22)/b12-8-. The van der Waals surface area contributed by atoms with Gasteiger partial charge in [0.05, 0.1) is 17.2 Å². The summed E-state index contributed by atoms with van der Waals surface area (Å²) in [5.41, 5.74) is 1.38. The number of amidine groups is 1. The molecule has 2 aromatic rings. The molecule has 1 fully saturated rings. The quantitative estimate of drug-likeness (QED) is 0.607. The van der Waals surface area contributed by atoms with Gasteiger partial charge in [-0.1, -0.05) is 35.1 Å². The smallest absolute Gasteiger partial charge is 0.350 e. The van der Waals surface area contributed by atoms with Crippen molar-refractivity contribution in [3.8, 4) is 0 Å². The number of halogens is 1. The van der Waals surface area contributed by atoms with Gasteiger partial charge in [0.1, 0.15) is 4.88 Å². The maximum absolute atomic E-state index is 12.1. The minimum atomic E-state index is -0.418. The van der Waals surface area contributed by atoms with Crippen molar-refractivity contribution >= 4 is 63.0 Å². The Hall–Kier alpha value is -2.16. The van der Waals surface area contributed by atoms with Gasteiger partial charge >= 0.3 is 5.97 Å². The van der Waals surface area contributed by atoms with Crippen LogP contribution in [-0.4, -0.2) is 28.6 Å². The molecule has 9 heteroatoms. The largest absolute Gasteiger partial charge is 0.462 e. The molecule has 1 aromatic heterocycles. The highest BCUT2D eigenvalue weighted by molar-refractivity contribution is 8.18. The van der Waals surface area contributed by atoms with Gasteiger partial charge in [-0.05, 0) is 49.4 Å². The summed E-state index contributed by atoms with van der Waals surface area (Å²) in [5, 5.41) is 4.09. The highest BCUT2D eigenvalue weighted by Gasteiger charge is 2.25. The molecule has 2 heterocycles. The summed E-state index contributed by atoms with van der Waals surface area (Å²) in [6.07, 6.45) is 1.74. The first-order valence-corrected chi connectivity index (χ1v) is 9.67. The van der Waals surface area contributed by atoms with Crippen LogP contribution in [0.25, 0.3) is 6.08 Å². The van der Waals surface area contributed by atoms with E-state index >= 15 is 0 Å². The molecule has 1 aromatic carbocycles. The fourth-order valence-corrected chi connectivity index (χ4v) is 4.05. The number of carbonyl (C=O) groups is 2. The van der Waals surface area contributed by atoms with Crippen LogP contribution in [0.15, 0.2) is 34.2 Å². The monoisotopic (exact) mass is 407 g/mol. The molecule has 0 saturated carbocycles. The summed E-state index contributed by atoms with van der Waals surface area (Å²) in [6.45, 7) is 3.76. The highest BCUT2D eigenvalue weighted by atomic mass is 35.5. The predicted octanol–water partition coefficient (Wildman–Crippen LogP) is 4.17. The van der Waals surface area contributed by atoms with Crippen LogP contribution in [0.4, 0.5) is 5.13 Å². The third-order valence-electron chi connectivity index (χ3n) is 3.24. The third kappa shape index (κ3) is 4.32. The summed E-state index contributed by atoms with van der Waals surface area (Å²) >= 11 is 8.30. The lowest BCUT2D eigenvalue weighted by molar-refractivity contribution is -0.115. The first-order chi connectivity index (χ1) is 12.5. The summed E-state index contributed by atoms with van der Waals surface area (Å²) in [5.74, 6) is -0.661. The Labute approximate surface area is 163 Å². The van der Waals surface area contributed by atoms with Crippen LogP contribution in [0.1, 0.15) is 27.9 Å². The number of esters is 1. The third-order valence-corrected chi connectivity index (χ3v) is 5.42. The van der Waals surface area contributed by atoms with Crippen molar-refractivity contribution in [3.05, 3.63) is 50.3 Å². The van der Waals surface area contributed by atoms with Crippen molar-refractivity contribution in [3.63, 3.8) is 0 Å². The number of nitrogens with one attached hydrogen (secondary N) is 1. The van der Waals surface area contributed by atoms with E-state index in [2.05, 4.69) is 15.3 Å². The fourth-order valence-electron chi connectivity index (χ4n) is 2.13. The van der Waals surface area contributed by atoms with Crippen LogP contribution in [0.5, 0.6) is 0 Å². The first kappa shape index (κ1) is 18.6. The van der Waals surface area contributed by atoms with Crippen molar-refractivity contribution < 1.29 is 14.3 Å². The Balaban J connectivity index is 1.80. The van der Waals surface area contributed by atoms with Crippen LogP contribution in [0, 0.1) is 6.92 Å². The van der Waals surface area contributed by atoms with E-state index in [9.17, 15) is 9.59 Å². The number of hydrogen-bond acceptors (Lipinski definition) is 7. The van der Waals surface area contributed by atoms with E-state index in [1.165, 1.54) is 11.8 Å². The molecule has 1 amide bonds. The van der Waals surface area contributed by atoms with E-state index in [1.807, 2.05) is 12.1 Å². The average molecular weight is 408 g/mol. The minimum Gasteiger partial charge on any atom is -0.462 e. The Kier molecular flexibility index (Phi) is 5.75. The zero-order valence-corrected chi connectivity index (χ0v) is 16.3. The molecule has 0 unspecified atom stereocenters. The number of aromatic nitrogens is 1. The summed E-state index contributed by atoms with van der Waals surface area (Å²) in [4.78, 5) is 33.5. The van der Waals surface area contributed by atoms with E-state index in [-0.39, 0.29) is 5.91 Å². The highest BCUT2D eigenvalue weighted by Crippen LogP contribution is 2.31. The first-order valence-electron chi connectivity index (χ1n) is 7.66. The second-order valence-corrected chi connectivity index (χ2v) is 7.61. The van der Waals surface area contributed by atoms with Crippen molar-refractivity contribution in [1.82, 2.24) is 10.3 Å². The van der Waals surface area contributed by atoms with Crippen LogP contribution in [0.2, 0.25) is 5.02 Å². The Bertz CT molecular complexity index is 937. The SMILES string of the molecule is CCOC(=O)c1sc(/N=C2\NC(=O)/C(=C/c3cccc(Cl)c3)S2)nc1C. The lowest BCUT2D eigenvalue weighted by Gasteiger charge is -1.97. The normalized spacial score (nSPS) is 17.0. The summed E-state index contributed by atoms with van der Waals surface area (Å²) in [6, 6.07) is 7.21. The maximum Gasteiger partial charge on any atom is 0.350 e. The van der Waals surface area contributed by atoms with E-state index in [0.29, 0.717) is 37.4 Å². The second kappa shape index (κ2) is 8.03. The molecule has 3 rings (SSSR count). The summed E-state index contributed by atoms with van der Waals surface area (Å²) < 4.78 is 4.99. The van der Waals surface area contributed by atoms with Gasteiger partial charge in [0.25, 0.3) is 5.91 Å². The number of rotatable bonds is 4. The van der Waals surface area contributed by atoms with E-state index in [4.69, 9.17) is 16.3 Å². The molecule has 1 aliphatic heterocycles. The van der Waals surface area contributed by atoms with Gasteiger partial charge in [-0.25, -0.2) is 9.78 Å². The zero-order chi connectivity index (χ0) is 18.7. The molecule has 1 saturated heterocycles. The van der Waals surface area contributed by atoms with Crippen LogP contribution in [-0.2, 0) is 9.53 Å². The number of benzene rings is 1. The van der Waals surface area contributed by atoms with Crippen LogP contribution in [0.3, 0.4) is 0 Å². The second-order valence-electron chi connectivity index (χ2n) is 5.17. The molecule has 134 valence electrons. The molecule has 6 nitrogen and oxygen atoms in total. The number of thiazole rings is 1. The van der Waals surface area contributed by atoms with Gasteiger partial charge in [0.2, 0.25) is 5.13 Å². The molecule has 26 heavy (non-hydrogen) atoms. The maximum atomic E-state index is 12.1. The van der Waals surface area contributed by atoms with Crippen molar-refractivity contribution in [2.75, 3.05) is 6.61 Å². The molecule has 0 aliphatic carbocycles. The fraction of sp³-hybridized carbons (Fsp3) is 0.176. The molecule has 0 atom stereocenters. The zero-order valence-electron chi connectivity index (χ0n) is 13.9. The Morgan fingerprint density at radius 2 is 2.27 bits per heavy atom. The number of aryl methyl sites for hydroxylation is 1. The number of ether oxygens (including phenoxy) is 1. The number of nitrogens with zero attached hydrogens (tertiary/aromatic N) is 2. The number of hydrogen-bond donors (Lipinski definition) is 1. The molecule has 1 N–H and O–H groups in total. The molecule has 0 spiro atoms. The number of aliphatic imine (C=N–C) groups is 1. The number of thioether (sulfide) groups is 1. The summed E-state index contributed by atoms with van der Waals surface area (Å²) in [7, 11) is 0. The van der Waals surface area contributed by atoms with Gasteiger partial charge < -0.3 is 10.1 Å². The molecule has 0 radical (unpaired) electrons. The topological polar surface area (TPSA) is 80.6 Å².